The Balaban J connectivity index is 1.55. The van der Waals surface area contributed by atoms with Crippen LogP contribution in [0.25, 0.3) is 0 Å². The van der Waals surface area contributed by atoms with Crippen LogP contribution in [0, 0.1) is 0 Å². The molecule has 26 heavy (non-hydrogen) atoms. The molecule has 0 saturated heterocycles. The lowest BCUT2D eigenvalue weighted by atomic mass is 9.89. The third-order valence-corrected chi connectivity index (χ3v) is 8.49. The molecule has 136 valence electrons. The highest BCUT2D eigenvalue weighted by Crippen LogP contribution is 2.53. The van der Waals surface area contributed by atoms with Crippen molar-refractivity contribution in [1.29, 1.82) is 0 Å². The first-order valence-electron chi connectivity index (χ1n) is 8.59. The van der Waals surface area contributed by atoms with Crippen LogP contribution in [-0.2, 0) is 0 Å². The SMILES string of the molecule is Oc1c(Br)cc(C2SC=C3Sc4nnc(C5CCCCC5)n4N32)cc1Br. The number of fused-ring (bicyclic) bond motifs is 3. The van der Waals surface area contributed by atoms with Gasteiger partial charge in [0.1, 0.15) is 16.2 Å². The molecule has 1 fully saturated rings. The van der Waals surface area contributed by atoms with Gasteiger partial charge in [-0.15, -0.1) is 10.2 Å². The molecule has 0 radical (unpaired) electrons. The van der Waals surface area contributed by atoms with Gasteiger partial charge in [0, 0.05) is 11.3 Å². The van der Waals surface area contributed by atoms with Crippen molar-refractivity contribution in [2.75, 3.05) is 5.01 Å². The standard InChI is InChI=1S/C17H16Br2N4OS2/c18-11-6-10(7-12(19)14(11)24)16-22-13(8-25-16)26-17-21-20-15(23(17)22)9-4-2-1-3-5-9/h6-9,16,24H,1-5H2. The van der Waals surface area contributed by atoms with Gasteiger partial charge in [-0.1, -0.05) is 31.0 Å². The molecule has 2 aromatic rings. The Hall–Kier alpha value is -0.640. The van der Waals surface area contributed by atoms with Crippen LogP contribution in [0.15, 0.2) is 36.7 Å². The van der Waals surface area contributed by atoms with E-state index in [9.17, 15) is 5.11 Å². The van der Waals surface area contributed by atoms with Gasteiger partial charge in [-0.2, -0.15) is 0 Å². The molecule has 1 aromatic carbocycles. The molecule has 1 aliphatic carbocycles. The number of hydrogen-bond acceptors (Lipinski definition) is 6. The lowest BCUT2D eigenvalue weighted by Crippen LogP contribution is -2.32. The molecule has 1 N–H and O–H groups in total. The second kappa shape index (κ2) is 6.76. The maximum atomic E-state index is 10.0. The molecule has 5 rings (SSSR count). The number of halogens is 2. The van der Waals surface area contributed by atoms with Crippen molar-refractivity contribution in [2.45, 2.75) is 48.6 Å². The molecule has 9 heteroatoms. The van der Waals surface area contributed by atoms with E-state index < -0.39 is 0 Å². The first-order valence-corrected chi connectivity index (χ1v) is 11.9. The van der Waals surface area contributed by atoms with Crippen LogP contribution in [-0.4, -0.2) is 20.0 Å². The molecule has 3 heterocycles. The molecular formula is C17H16Br2N4OS2. The molecule has 2 aliphatic heterocycles. The lowest BCUT2D eigenvalue weighted by molar-refractivity contribution is 0.411. The minimum atomic E-state index is 0.102. The molecule has 0 amide bonds. The minimum Gasteiger partial charge on any atom is -0.506 e. The minimum absolute atomic E-state index is 0.102. The zero-order valence-corrected chi connectivity index (χ0v) is 18.5. The third kappa shape index (κ3) is 2.73. The fourth-order valence-electron chi connectivity index (χ4n) is 3.82. The van der Waals surface area contributed by atoms with Gasteiger partial charge in [-0.3, -0.25) is 5.01 Å². The van der Waals surface area contributed by atoms with Crippen LogP contribution in [0.5, 0.6) is 5.75 Å². The van der Waals surface area contributed by atoms with Crippen LogP contribution < -0.4 is 5.01 Å². The van der Waals surface area contributed by atoms with Gasteiger partial charge in [-0.05, 0) is 74.2 Å². The summed E-state index contributed by atoms with van der Waals surface area (Å²) in [5.74, 6) is 1.82. The second-order valence-corrected chi connectivity index (χ2v) is 10.4. The van der Waals surface area contributed by atoms with Crippen molar-refractivity contribution >= 4 is 55.4 Å². The molecule has 3 aliphatic rings. The fourth-order valence-corrected chi connectivity index (χ4v) is 7.26. The highest BCUT2D eigenvalue weighted by atomic mass is 79.9. The summed E-state index contributed by atoms with van der Waals surface area (Å²) in [6.07, 6.45) is 6.28. The zero-order chi connectivity index (χ0) is 17.8. The van der Waals surface area contributed by atoms with Crippen LogP contribution in [0.3, 0.4) is 0 Å². The number of benzene rings is 1. The maximum Gasteiger partial charge on any atom is 0.216 e. The Morgan fingerprint density at radius 2 is 1.81 bits per heavy atom. The number of nitrogens with zero attached hydrogens (tertiary/aromatic N) is 4. The zero-order valence-electron chi connectivity index (χ0n) is 13.7. The largest absolute Gasteiger partial charge is 0.506 e. The monoisotopic (exact) mass is 514 g/mol. The lowest BCUT2D eigenvalue weighted by Gasteiger charge is -2.29. The molecule has 0 spiro atoms. The van der Waals surface area contributed by atoms with Gasteiger partial charge in [0.15, 0.2) is 5.82 Å². The average molecular weight is 516 g/mol. The Morgan fingerprint density at radius 3 is 2.54 bits per heavy atom. The van der Waals surface area contributed by atoms with Gasteiger partial charge in [-0.25, -0.2) is 4.68 Å². The number of thioether (sulfide) groups is 2. The maximum absolute atomic E-state index is 10.0. The molecule has 1 aromatic heterocycles. The fraction of sp³-hybridized carbons (Fsp3) is 0.412. The summed E-state index contributed by atoms with van der Waals surface area (Å²) < 4.78 is 3.62. The first-order chi connectivity index (χ1) is 12.6. The van der Waals surface area contributed by atoms with E-state index in [1.807, 2.05) is 12.1 Å². The van der Waals surface area contributed by atoms with E-state index >= 15 is 0 Å². The van der Waals surface area contributed by atoms with E-state index in [0.29, 0.717) is 14.9 Å². The Labute approximate surface area is 176 Å². The van der Waals surface area contributed by atoms with Gasteiger partial charge in [0.25, 0.3) is 0 Å². The number of aromatic nitrogens is 3. The molecule has 0 bridgehead atoms. The van der Waals surface area contributed by atoms with Gasteiger partial charge < -0.3 is 5.11 Å². The summed E-state index contributed by atoms with van der Waals surface area (Å²) >= 11 is 10.4. The van der Waals surface area contributed by atoms with Crippen molar-refractivity contribution in [3.05, 3.63) is 42.9 Å². The Bertz CT molecular complexity index is 887. The summed E-state index contributed by atoms with van der Waals surface area (Å²) in [7, 11) is 0. The predicted octanol–water partition coefficient (Wildman–Crippen LogP) is 5.84. The second-order valence-electron chi connectivity index (χ2n) is 6.71. The van der Waals surface area contributed by atoms with Crippen molar-refractivity contribution in [3.8, 4) is 5.75 Å². The van der Waals surface area contributed by atoms with Gasteiger partial charge in [0.05, 0.1) is 8.95 Å². The molecule has 1 unspecified atom stereocenters. The van der Waals surface area contributed by atoms with Crippen LogP contribution in [0.1, 0.15) is 54.8 Å². The molecule has 5 nitrogen and oxygen atoms in total. The Morgan fingerprint density at radius 1 is 1.08 bits per heavy atom. The third-order valence-electron chi connectivity index (χ3n) is 5.09. The number of phenolic OH excluding ortho intramolecular Hbond substituents is 1. The summed E-state index contributed by atoms with van der Waals surface area (Å²) in [6, 6.07) is 3.98. The van der Waals surface area contributed by atoms with Gasteiger partial charge >= 0.3 is 0 Å². The van der Waals surface area contributed by atoms with Crippen molar-refractivity contribution < 1.29 is 5.11 Å². The summed E-state index contributed by atoms with van der Waals surface area (Å²) in [5, 5.41) is 25.8. The number of aromatic hydroxyl groups is 1. The number of hydrogen-bond donors (Lipinski definition) is 1. The molecular weight excluding hydrogens is 500 g/mol. The van der Waals surface area contributed by atoms with Crippen LogP contribution in [0.4, 0.5) is 0 Å². The van der Waals surface area contributed by atoms with Crippen LogP contribution in [0.2, 0.25) is 0 Å². The topological polar surface area (TPSA) is 54.2 Å². The number of phenols is 1. The summed E-state index contributed by atoms with van der Waals surface area (Å²) in [5.41, 5.74) is 1.12. The highest BCUT2D eigenvalue weighted by molar-refractivity contribution is 9.11. The first kappa shape index (κ1) is 17.5. The molecule has 1 atom stereocenters. The van der Waals surface area contributed by atoms with E-state index in [0.717, 1.165) is 16.5 Å². The summed E-state index contributed by atoms with van der Waals surface area (Å²) in [4.78, 5) is 0. The van der Waals surface area contributed by atoms with E-state index in [2.05, 4.69) is 57.2 Å². The normalized spacial score (nSPS) is 22.5. The average Bonchev–Trinajstić information content (AvgIpc) is 3.31. The van der Waals surface area contributed by atoms with E-state index in [1.165, 1.54) is 37.1 Å². The van der Waals surface area contributed by atoms with Crippen LogP contribution >= 0.6 is 55.4 Å². The quantitative estimate of drug-likeness (QED) is 0.541. The highest BCUT2D eigenvalue weighted by Gasteiger charge is 2.41. The van der Waals surface area contributed by atoms with E-state index in [4.69, 9.17) is 0 Å². The smallest absolute Gasteiger partial charge is 0.216 e. The van der Waals surface area contributed by atoms with Crippen molar-refractivity contribution in [3.63, 3.8) is 0 Å². The predicted molar refractivity (Wildman–Crippen MR) is 112 cm³/mol. The van der Waals surface area contributed by atoms with Crippen molar-refractivity contribution in [2.24, 2.45) is 0 Å². The molecule has 1 saturated carbocycles. The van der Waals surface area contributed by atoms with E-state index in [-0.39, 0.29) is 11.1 Å². The summed E-state index contributed by atoms with van der Waals surface area (Å²) in [6.45, 7) is 0. The van der Waals surface area contributed by atoms with Gasteiger partial charge in [0.2, 0.25) is 5.16 Å². The van der Waals surface area contributed by atoms with E-state index in [1.54, 1.807) is 23.5 Å². The van der Waals surface area contributed by atoms with Crippen molar-refractivity contribution in [1.82, 2.24) is 14.9 Å². The Kier molecular flexibility index (Phi) is 4.54. The number of rotatable bonds is 2.